The normalized spacial score (nSPS) is 30.1. The molecule has 2 N–H and O–H groups in total. The third-order valence-corrected chi connectivity index (χ3v) is 5.42. The van der Waals surface area contributed by atoms with Gasteiger partial charge in [0.05, 0.1) is 0 Å². The van der Waals surface area contributed by atoms with E-state index in [1.807, 2.05) is 0 Å². The number of nitrogens with one attached hydrogen (secondary N) is 2. The number of nitrogens with zero attached hydrogens (tertiary/aromatic N) is 1. The predicted molar refractivity (Wildman–Crippen MR) is 88.0 cm³/mol. The molecule has 1 saturated carbocycles. The predicted octanol–water partition coefficient (Wildman–Crippen LogP) is 1.60. The van der Waals surface area contributed by atoms with E-state index in [0.29, 0.717) is 12.1 Å². The van der Waals surface area contributed by atoms with E-state index in [0.717, 1.165) is 58.0 Å². The first-order chi connectivity index (χ1) is 10.1. The summed E-state index contributed by atoms with van der Waals surface area (Å²) < 4.78 is 0. The lowest BCUT2D eigenvalue weighted by Crippen LogP contribution is -2.62. The van der Waals surface area contributed by atoms with Gasteiger partial charge in [-0.15, -0.1) is 12.4 Å². The first-order valence-corrected chi connectivity index (χ1v) is 8.45. The zero-order chi connectivity index (χ0) is 14.9. The minimum absolute atomic E-state index is 0. The van der Waals surface area contributed by atoms with E-state index in [9.17, 15) is 9.59 Å². The third-order valence-electron chi connectivity index (χ3n) is 5.42. The molecule has 2 amide bonds. The summed E-state index contributed by atoms with van der Waals surface area (Å²) in [5.74, 6) is 0.110. The minimum atomic E-state index is -0.630. The standard InChI is InChI=1S/C16H27N3O2.ClH/c1-12(20)18-16(8-3-2-4-9-16)15(21)19-13-5-6-14(19)11-17-10-7-13;/h13-14,17H,2-11H2,1H3,(H,18,20);1H. The van der Waals surface area contributed by atoms with Crippen molar-refractivity contribution in [2.24, 2.45) is 0 Å². The Labute approximate surface area is 139 Å². The molecule has 0 radical (unpaired) electrons. The number of carbonyl (C=O) groups excluding carboxylic acids is 2. The SMILES string of the molecule is CC(=O)NC1(C(=O)N2C3CCNCC2CC3)CCCCC1.Cl. The molecule has 2 unspecified atom stereocenters. The molecule has 5 nitrogen and oxygen atoms in total. The van der Waals surface area contributed by atoms with Gasteiger partial charge in [0.15, 0.2) is 0 Å². The van der Waals surface area contributed by atoms with Gasteiger partial charge >= 0.3 is 0 Å². The Morgan fingerprint density at radius 2 is 1.77 bits per heavy atom. The largest absolute Gasteiger partial charge is 0.342 e. The Balaban J connectivity index is 0.00000176. The van der Waals surface area contributed by atoms with Crippen LogP contribution in [0.3, 0.4) is 0 Å². The molecule has 2 saturated heterocycles. The van der Waals surface area contributed by atoms with Crippen LogP contribution in [0.5, 0.6) is 0 Å². The van der Waals surface area contributed by atoms with Crippen LogP contribution in [0.15, 0.2) is 0 Å². The molecule has 2 heterocycles. The molecule has 6 heteroatoms. The van der Waals surface area contributed by atoms with Crippen molar-refractivity contribution in [3.63, 3.8) is 0 Å². The van der Waals surface area contributed by atoms with E-state index in [2.05, 4.69) is 15.5 Å². The fraction of sp³-hybridized carbons (Fsp3) is 0.875. The Hall–Kier alpha value is -0.810. The van der Waals surface area contributed by atoms with Gasteiger partial charge in [-0.3, -0.25) is 9.59 Å². The number of rotatable bonds is 2. The van der Waals surface area contributed by atoms with Crippen LogP contribution in [0.4, 0.5) is 0 Å². The van der Waals surface area contributed by atoms with Crippen molar-refractivity contribution >= 4 is 24.2 Å². The number of carbonyl (C=O) groups is 2. The van der Waals surface area contributed by atoms with Crippen LogP contribution < -0.4 is 10.6 Å². The Morgan fingerprint density at radius 3 is 2.45 bits per heavy atom. The lowest BCUT2D eigenvalue weighted by molar-refractivity contribution is -0.145. The van der Waals surface area contributed by atoms with E-state index < -0.39 is 5.54 Å². The fourth-order valence-corrected chi connectivity index (χ4v) is 4.45. The zero-order valence-electron chi connectivity index (χ0n) is 13.4. The lowest BCUT2D eigenvalue weighted by atomic mass is 9.80. The summed E-state index contributed by atoms with van der Waals surface area (Å²) in [4.78, 5) is 27.1. The summed E-state index contributed by atoms with van der Waals surface area (Å²) in [6.45, 7) is 3.43. The maximum absolute atomic E-state index is 13.3. The molecule has 0 spiro atoms. The molecule has 126 valence electrons. The minimum Gasteiger partial charge on any atom is -0.342 e. The molecule has 0 aromatic carbocycles. The molecule has 3 rings (SSSR count). The smallest absolute Gasteiger partial charge is 0.248 e. The van der Waals surface area contributed by atoms with Crippen molar-refractivity contribution < 1.29 is 9.59 Å². The van der Waals surface area contributed by atoms with E-state index >= 15 is 0 Å². The number of fused-ring (bicyclic) bond motifs is 2. The molecule has 1 aliphatic carbocycles. The van der Waals surface area contributed by atoms with Crippen molar-refractivity contribution in [3.05, 3.63) is 0 Å². The average molecular weight is 330 g/mol. The van der Waals surface area contributed by atoms with Crippen LogP contribution in [-0.2, 0) is 9.59 Å². The Morgan fingerprint density at radius 1 is 1.09 bits per heavy atom. The van der Waals surface area contributed by atoms with Gasteiger partial charge < -0.3 is 15.5 Å². The fourth-order valence-electron chi connectivity index (χ4n) is 4.45. The van der Waals surface area contributed by atoms with Crippen molar-refractivity contribution in [3.8, 4) is 0 Å². The Kier molecular flexibility index (Phi) is 5.72. The maximum Gasteiger partial charge on any atom is 0.248 e. The highest BCUT2D eigenvalue weighted by atomic mass is 35.5. The molecule has 3 aliphatic rings. The molecule has 0 aromatic rings. The third kappa shape index (κ3) is 3.25. The molecule has 3 fully saturated rings. The molecular formula is C16H28ClN3O2. The van der Waals surface area contributed by atoms with Crippen LogP contribution in [-0.4, -0.2) is 47.4 Å². The van der Waals surface area contributed by atoms with Crippen molar-refractivity contribution in [1.29, 1.82) is 0 Å². The van der Waals surface area contributed by atoms with Crippen molar-refractivity contribution in [2.75, 3.05) is 13.1 Å². The summed E-state index contributed by atoms with van der Waals surface area (Å²) in [6, 6.07) is 0.683. The molecular weight excluding hydrogens is 302 g/mol. The molecule has 0 aromatic heterocycles. The lowest BCUT2D eigenvalue weighted by Gasteiger charge is -2.42. The number of hydrogen-bond donors (Lipinski definition) is 2. The van der Waals surface area contributed by atoms with Gasteiger partial charge in [-0.05, 0) is 38.6 Å². The second-order valence-corrected chi connectivity index (χ2v) is 6.91. The van der Waals surface area contributed by atoms with Crippen LogP contribution in [0.2, 0.25) is 0 Å². The van der Waals surface area contributed by atoms with E-state index in [4.69, 9.17) is 0 Å². The van der Waals surface area contributed by atoms with Gasteiger partial charge in [0, 0.05) is 25.6 Å². The first-order valence-electron chi connectivity index (χ1n) is 8.45. The summed E-state index contributed by atoms with van der Waals surface area (Å²) in [5.41, 5.74) is -0.630. The highest BCUT2D eigenvalue weighted by Gasteiger charge is 2.48. The maximum atomic E-state index is 13.3. The summed E-state index contributed by atoms with van der Waals surface area (Å²) >= 11 is 0. The summed E-state index contributed by atoms with van der Waals surface area (Å²) in [5, 5.41) is 6.47. The molecule has 2 atom stereocenters. The molecule has 2 aliphatic heterocycles. The summed E-state index contributed by atoms with van der Waals surface area (Å²) in [6.07, 6.45) is 8.10. The second-order valence-electron chi connectivity index (χ2n) is 6.91. The number of halogens is 1. The zero-order valence-corrected chi connectivity index (χ0v) is 14.2. The van der Waals surface area contributed by atoms with Gasteiger partial charge in [0.1, 0.15) is 5.54 Å². The first kappa shape index (κ1) is 17.5. The number of hydrogen-bond acceptors (Lipinski definition) is 3. The number of amides is 2. The molecule has 22 heavy (non-hydrogen) atoms. The van der Waals surface area contributed by atoms with Crippen LogP contribution in [0, 0.1) is 0 Å². The van der Waals surface area contributed by atoms with Gasteiger partial charge in [-0.1, -0.05) is 19.3 Å². The van der Waals surface area contributed by atoms with Crippen LogP contribution >= 0.6 is 12.4 Å². The monoisotopic (exact) mass is 329 g/mol. The van der Waals surface area contributed by atoms with Crippen molar-refractivity contribution in [1.82, 2.24) is 15.5 Å². The van der Waals surface area contributed by atoms with Crippen LogP contribution in [0.1, 0.15) is 58.3 Å². The van der Waals surface area contributed by atoms with Crippen molar-refractivity contribution in [2.45, 2.75) is 75.9 Å². The highest BCUT2D eigenvalue weighted by molar-refractivity contribution is 5.91. The van der Waals surface area contributed by atoms with Gasteiger partial charge in [0.2, 0.25) is 11.8 Å². The van der Waals surface area contributed by atoms with E-state index in [1.165, 1.54) is 13.3 Å². The van der Waals surface area contributed by atoms with Gasteiger partial charge in [-0.25, -0.2) is 0 Å². The molecule has 2 bridgehead atoms. The topological polar surface area (TPSA) is 61.4 Å². The van der Waals surface area contributed by atoms with E-state index in [-0.39, 0.29) is 24.2 Å². The van der Waals surface area contributed by atoms with Gasteiger partial charge in [-0.2, -0.15) is 0 Å². The quantitative estimate of drug-likeness (QED) is 0.809. The Bertz CT molecular complexity index is 410. The average Bonchev–Trinajstić information content (AvgIpc) is 2.71. The van der Waals surface area contributed by atoms with E-state index in [1.54, 1.807) is 0 Å². The van der Waals surface area contributed by atoms with Crippen LogP contribution in [0.25, 0.3) is 0 Å². The van der Waals surface area contributed by atoms with Gasteiger partial charge in [0.25, 0.3) is 0 Å². The summed E-state index contributed by atoms with van der Waals surface area (Å²) in [7, 11) is 0. The highest BCUT2D eigenvalue weighted by Crippen LogP contribution is 2.36. The second kappa shape index (κ2) is 7.18.